The molecule has 5 rings (SSSR count). The zero-order chi connectivity index (χ0) is 31.1. The first-order valence-electron chi connectivity index (χ1n) is 13.8. The number of hydrogen-bond acceptors (Lipinski definition) is 7. The number of nitrogens with zero attached hydrogens (tertiary/aromatic N) is 1. The summed E-state index contributed by atoms with van der Waals surface area (Å²) in [5.41, 5.74) is -0.280. The Balaban J connectivity index is 1.66. The minimum atomic E-state index is -1.43. The number of amides is 2. The van der Waals surface area contributed by atoms with Crippen molar-refractivity contribution in [2.45, 2.75) is 50.6 Å². The molecule has 4 atom stereocenters. The quantitative estimate of drug-likeness (QED) is 0.249. The second kappa shape index (κ2) is 11.9. The van der Waals surface area contributed by atoms with Crippen molar-refractivity contribution >= 4 is 46.4 Å². The summed E-state index contributed by atoms with van der Waals surface area (Å²) in [6.07, 6.45) is 1.99. The monoisotopic (exact) mass is 630 g/mol. The van der Waals surface area contributed by atoms with Crippen molar-refractivity contribution in [3.8, 4) is 11.5 Å². The number of carbonyl (C=O) groups excluding carboxylic acids is 2. The van der Waals surface area contributed by atoms with Crippen LogP contribution in [0.25, 0.3) is 0 Å². The fourth-order valence-electron chi connectivity index (χ4n) is 6.27. The number of hydrogen-bond donors (Lipinski definition) is 4. The van der Waals surface area contributed by atoms with Gasteiger partial charge in [-0.05, 0) is 41.7 Å². The molecule has 2 amide bonds. The molecule has 228 valence electrons. The maximum absolute atomic E-state index is 15.9. The van der Waals surface area contributed by atoms with Crippen LogP contribution >= 0.6 is 23.2 Å². The van der Waals surface area contributed by atoms with Crippen LogP contribution < -0.4 is 25.4 Å². The molecule has 2 aromatic carbocycles. The molecule has 1 spiro atoms. The maximum Gasteiger partial charge on any atom is 0.242 e. The molecule has 0 saturated carbocycles. The molecular formula is C31H33Cl2FN4O5. The van der Waals surface area contributed by atoms with E-state index in [0.29, 0.717) is 34.9 Å². The van der Waals surface area contributed by atoms with Gasteiger partial charge < -0.3 is 30.5 Å². The molecule has 1 aromatic heterocycles. The molecule has 12 heteroatoms. The lowest BCUT2D eigenvalue weighted by molar-refractivity contribution is -0.122. The number of benzene rings is 2. The number of aromatic nitrogens is 1. The normalized spacial score (nSPS) is 22.8. The lowest BCUT2D eigenvalue weighted by atomic mass is 9.62. The molecule has 2 aliphatic rings. The Morgan fingerprint density at radius 1 is 1.21 bits per heavy atom. The van der Waals surface area contributed by atoms with Crippen LogP contribution in [0.5, 0.6) is 11.5 Å². The van der Waals surface area contributed by atoms with E-state index in [1.54, 1.807) is 36.4 Å². The molecule has 3 heterocycles. The number of anilines is 2. The molecule has 1 fully saturated rings. The highest BCUT2D eigenvalue weighted by molar-refractivity contribution is 6.31. The number of ether oxygens (including phenoxy) is 2. The standard InChI is InChI=1S/C31H33Cl2FN4O5/c1-30(2,3)14-23-31(18-15-35-24(33)13-21(18)37-29(31)41)25(17-6-5-7-19(32)26(17)34)27(38-23)28(40)36-20-9-8-16(43-11-10-39)12-22(20)42-4/h5-9,12-13,15,23,25,27,38-39H,10-11,14H2,1-4H3,(H,36,40)(H,37,41). The molecule has 9 nitrogen and oxygen atoms in total. The van der Waals surface area contributed by atoms with Crippen molar-refractivity contribution in [3.63, 3.8) is 0 Å². The van der Waals surface area contributed by atoms with Gasteiger partial charge in [0.15, 0.2) is 0 Å². The highest BCUT2D eigenvalue weighted by Gasteiger charge is 2.66. The number of aliphatic hydroxyl groups excluding tert-OH is 1. The van der Waals surface area contributed by atoms with E-state index in [9.17, 15) is 9.59 Å². The summed E-state index contributed by atoms with van der Waals surface area (Å²) in [5, 5.41) is 18.4. The maximum atomic E-state index is 15.9. The van der Waals surface area contributed by atoms with Crippen LogP contribution in [0.15, 0.2) is 48.7 Å². The predicted molar refractivity (Wildman–Crippen MR) is 163 cm³/mol. The summed E-state index contributed by atoms with van der Waals surface area (Å²) >= 11 is 12.5. The molecule has 0 bridgehead atoms. The summed E-state index contributed by atoms with van der Waals surface area (Å²) < 4.78 is 26.9. The molecule has 3 aromatic rings. The van der Waals surface area contributed by atoms with E-state index in [1.807, 2.05) is 20.8 Å². The van der Waals surface area contributed by atoms with Gasteiger partial charge in [0.1, 0.15) is 34.5 Å². The molecule has 43 heavy (non-hydrogen) atoms. The van der Waals surface area contributed by atoms with Gasteiger partial charge in [-0.1, -0.05) is 56.1 Å². The van der Waals surface area contributed by atoms with Gasteiger partial charge >= 0.3 is 0 Å². The third-order valence-corrected chi connectivity index (χ3v) is 8.40. The van der Waals surface area contributed by atoms with Gasteiger partial charge in [0.05, 0.1) is 30.5 Å². The first-order chi connectivity index (χ1) is 20.4. The van der Waals surface area contributed by atoms with Gasteiger partial charge in [0.25, 0.3) is 0 Å². The number of pyridine rings is 1. The second-order valence-electron chi connectivity index (χ2n) is 11.9. The Morgan fingerprint density at radius 2 is 1.98 bits per heavy atom. The topological polar surface area (TPSA) is 122 Å². The van der Waals surface area contributed by atoms with E-state index < -0.39 is 41.0 Å². The van der Waals surface area contributed by atoms with Crippen LogP contribution in [0, 0.1) is 11.2 Å². The highest BCUT2D eigenvalue weighted by atomic mass is 35.5. The Bertz CT molecular complexity index is 1570. The first-order valence-corrected chi connectivity index (χ1v) is 14.6. The van der Waals surface area contributed by atoms with Crippen molar-refractivity contribution in [2.24, 2.45) is 5.41 Å². The van der Waals surface area contributed by atoms with Crippen molar-refractivity contribution < 1.29 is 28.6 Å². The van der Waals surface area contributed by atoms with Gasteiger partial charge in [0.2, 0.25) is 11.8 Å². The van der Waals surface area contributed by atoms with Gasteiger partial charge in [-0.15, -0.1) is 0 Å². The van der Waals surface area contributed by atoms with Crippen LogP contribution in [-0.4, -0.2) is 54.3 Å². The number of halogens is 3. The van der Waals surface area contributed by atoms with Gasteiger partial charge in [-0.3, -0.25) is 9.59 Å². The Labute approximate surface area is 259 Å². The predicted octanol–water partition coefficient (Wildman–Crippen LogP) is 5.30. The summed E-state index contributed by atoms with van der Waals surface area (Å²) in [6.45, 7) is 6.03. The molecule has 0 aliphatic carbocycles. The van der Waals surface area contributed by atoms with E-state index >= 15 is 4.39 Å². The third-order valence-electron chi connectivity index (χ3n) is 7.90. The summed E-state index contributed by atoms with van der Waals surface area (Å²) in [5.74, 6) is -1.88. The minimum Gasteiger partial charge on any atom is -0.494 e. The van der Waals surface area contributed by atoms with Gasteiger partial charge in [-0.2, -0.15) is 0 Å². The van der Waals surface area contributed by atoms with E-state index in [2.05, 4.69) is 20.9 Å². The molecule has 1 saturated heterocycles. The summed E-state index contributed by atoms with van der Waals surface area (Å²) in [7, 11) is 1.45. The lowest BCUT2D eigenvalue weighted by Crippen LogP contribution is -2.49. The fourth-order valence-corrected chi connectivity index (χ4v) is 6.61. The zero-order valence-electron chi connectivity index (χ0n) is 24.1. The smallest absolute Gasteiger partial charge is 0.242 e. The summed E-state index contributed by atoms with van der Waals surface area (Å²) in [6, 6.07) is 9.27. The van der Waals surface area contributed by atoms with E-state index in [-0.39, 0.29) is 34.4 Å². The van der Waals surface area contributed by atoms with E-state index in [0.717, 1.165) is 0 Å². The summed E-state index contributed by atoms with van der Waals surface area (Å²) in [4.78, 5) is 32.7. The fraction of sp³-hybridized carbons (Fsp3) is 0.387. The van der Waals surface area contributed by atoms with Gasteiger partial charge in [-0.25, -0.2) is 9.37 Å². The highest BCUT2D eigenvalue weighted by Crippen LogP contribution is 2.57. The van der Waals surface area contributed by atoms with Crippen LogP contribution in [0.4, 0.5) is 15.8 Å². The number of aliphatic hydroxyl groups is 1. The van der Waals surface area contributed by atoms with Crippen molar-refractivity contribution in [1.82, 2.24) is 10.3 Å². The molecule has 0 radical (unpaired) electrons. The Hall–Kier alpha value is -3.44. The minimum absolute atomic E-state index is 0.0919. The lowest BCUT2D eigenvalue weighted by Gasteiger charge is -2.37. The van der Waals surface area contributed by atoms with E-state index in [1.165, 1.54) is 19.4 Å². The Morgan fingerprint density at radius 3 is 2.67 bits per heavy atom. The van der Waals surface area contributed by atoms with Crippen LogP contribution in [0.1, 0.15) is 44.2 Å². The van der Waals surface area contributed by atoms with Crippen molar-refractivity contribution in [3.05, 3.63) is 75.8 Å². The van der Waals surface area contributed by atoms with Crippen LogP contribution in [0.3, 0.4) is 0 Å². The number of nitrogens with one attached hydrogen (secondary N) is 3. The number of carbonyl (C=O) groups is 2. The number of fused-ring (bicyclic) bond motifs is 2. The Kier molecular flexibility index (Phi) is 8.59. The van der Waals surface area contributed by atoms with Gasteiger partial charge in [0, 0.05) is 35.5 Å². The second-order valence-corrected chi connectivity index (χ2v) is 12.7. The SMILES string of the molecule is COc1cc(OCCO)ccc1NC(=O)C1NC(CC(C)(C)C)C2(C(=O)Nc3cc(Cl)ncc32)C1c1cccc(Cl)c1F. The van der Waals surface area contributed by atoms with Crippen molar-refractivity contribution in [1.29, 1.82) is 0 Å². The van der Waals surface area contributed by atoms with Crippen LogP contribution in [0.2, 0.25) is 10.2 Å². The van der Waals surface area contributed by atoms with Crippen molar-refractivity contribution in [2.75, 3.05) is 31.0 Å². The largest absolute Gasteiger partial charge is 0.494 e. The number of methoxy groups -OCH3 is 1. The average molecular weight is 632 g/mol. The third kappa shape index (κ3) is 5.64. The van der Waals surface area contributed by atoms with E-state index in [4.69, 9.17) is 37.8 Å². The molecule has 4 N–H and O–H groups in total. The first kappa shape index (κ1) is 31.0. The molecular weight excluding hydrogens is 598 g/mol. The molecule has 2 aliphatic heterocycles. The number of rotatable bonds is 8. The molecule has 4 unspecified atom stereocenters. The van der Waals surface area contributed by atoms with Crippen LogP contribution in [-0.2, 0) is 15.0 Å². The zero-order valence-corrected chi connectivity index (χ0v) is 25.6. The average Bonchev–Trinajstić information content (AvgIpc) is 3.42.